The van der Waals surface area contributed by atoms with Crippen LogP contribution < -0.4 is 5.32 Å². The van der Waals surface area contributed by atoms with Gasteiger partial charge in [0.15, 0.2) is 0 Å². The van der Waals surface area contributed by atoms with Crippen LogP contribution in [0, 0.1) is 6.92 Å². The first-order valence-electron chi connectivity index (χ1n) is 14.8. The second-order valence-electron chi connectivity index (χ2n) is 10.2. The van der Waals surface area contributed by atoms with Crippen LogP contribution in [0.2, 0.25) is 0 Å². The third-order valence-corrected chi connectivity index (χ3v) is 6.74. The van der Waals surface area contributed by atoms with E-state index in [1.165, 1.54) is 135 Å². The van der Waals surface area contributed by atoms with Gasteiger partial charge in [0.25, 0.3) is 0 Å². The lowest BCUT2D eigenvalue weighted by atomic mass is 10.1. The summed E-state index contributed by atoms with van der Waals surface area (Å²) < 4.78 is 0. The van der Waals surface area contributed by atoms with Crippen molar-refractivity contribution in [2.24, 2.45) is 0 Å². The average molecular weight is 460 g/mol. The van der Waals surface area contributed by atoms with E-state index in [9.17, 15) is 0 Å². The predicted molar refractivity (Wildman–Crippen MR) is 147 cm³/mol. The molecule has 0 spiro atoms. The molecule has 0 unspecified atom stereocenters. The maximum Gasteiger partial charge on any atom is 0.130 e. The Hall–Kier alpha value is -1.12. The van der Waals surface area contributed by atoms with E-state index < -0.39 is 0 Å². The summed E-state index contributed by atoms with van der Waals surface area (Å²) in [6, 6.07) is 2.10. The molecule has 0 aliphatic carbocycles. The molecule has 0 radical (unpaired) electrons. The fraction of sp³-hybridized carbons (Fsp3) is 0.867. The predicted octanol–water partition coefficient (Wildman–Crippen LogP) is 9.97. The van der Waals surface area contributed by atoms with Gasteiger partial charge in [-0.2, -0.15) is 0 Å². The molecule has 0 aliphatic heterocycles. The van der Waals surface area contributed by atoms with Gasteiger partial charge in [-0.3, -0.25) is 0 Å². The first-order valence-corrected chi connectivity index (χ1v) is 14.8. The van der Waals surface area contributed by atoms with Crippen LogP contribution in [0.25, 0.3) is 0 Å². The quantitative estimate of drug-likeness (QED) is 0.156. The van der Waals surface area contributed by atoms with Crippen molar-refractivity contribution in [2.75, 3.05) is 11.9 Å². The zero-order chi connectivity index (χ0) is 23.8. The highest BCUT2D eigenvalue weighted by molar-refractivity contribution is 5.35. The molecule has 0 atom stereocenters. The first kappa shape index (κ1) is 29.9. The molecule has 0 aliphatic rings. The number of aryl methyl sites for hydroxylation is 2. The molecule has 33 heavy (non-hydrogen) atoms. The number of aromatic nitrogens is 2. The van der Waals surface area contributed by atoms with Crippen LogP contribution in [0.15, 0.2) is 6.07 Å². The van der Waals surface area contributed by atoms with Crippen molar-refractivity contribution in [3.63, 3.8) is 0 Å². The van der Waals surface area contributed by atoms with Gasteiger partial charge in [-0.1, -0.05) is 136 Å². The number of rotatable bonds is 24. The molecule has 0 saturated carbocycles. The number of unbranched alkanes of at least 4 members (excludes halogenated alkanes) is 19. The molecule has 192 valence electrons. The van der Waals surface area contributed by atoms with Gasteiger partial charge >= 0.3 is 0 Å². The lowest BCUT2D eigenvalue weighted by molar-refractivity contribution is 0.547. The summed E-state index contributed by atoms with van der Waals surface area (Å²) in [5.41, 5.74) is 1.09. The van der Waals surface area contributed by atoms with E-state index in [-0.39, 0.29) is 0 Å². The van der Waals surface area contributed by atoms with Gasteiger partial charge in [-0.05, 0) is 19.8 Å². The summed E-state index contributed by atoms with van der Waals surface area (Å²) in [5.74, 6) is 2.05. The largest absolute Gasteiger partial charge is 0.370 e. The summed E-state index contributed by atoms with van der Waals surface area (Å²) in [4.78, 5) is 9.45. The number of nitrogens with zero attached hydrogens (tertiary/aromatic N) is 2. The Morgan fingerprint density at radius 3 is 1.45 bits per heavy atom. The van der Waals surface area contributed by atoms with Gasteiger partial charge in [0, 0.05) is 24.7 Å². The molecule has 1 aromatic rings. The zero-order valence-electron chi connectivity index (χ0n) is 22.7. The number of nitrogens with one attached hydrogen (secondary N) is 1. The topological polar surface area (TPSA) is 37.8 Å². The monoisotopic (exact) mass is 459 g/mol. The normalized spacial score (nSPS) is 11.2. The molecule has 1 heterocycles. The molecule has 0 bridgehead atoms. The highest BCUT2D eigenvalue weighted by Gasteiger charge is 2.03. The van der Waals surface area contributed by atoms with Crippen LogP contribution in [0.1, 0.15) is 160 Å². The molecule has 1 aromatic heterocycles. The Morgan fingerprint density at radius 2 is 0.970 bits per heavy atom. The van der Waals surface area contributed by atoms with E-state index in [0.717, 1.165) is 30.3 Å². The Morgan fingerprint density at radius 1 is 0.545 bits per heavy atom. The minimum Gasteiger partial charge on any atom is -0.370 e. The van der Waals surface area contributed by atoms with E-state index in [1.54, 1.807) is 0 Å². The Balaban J connectivity index is 2.02. The lowest BCUT2D eigenvalue weighted by Gasteiger charge is -2.09. The number of hydrogen-bond acceptors (Lipinski definition) is 3. The fourth-order valence-electron chi connectivity index (χ4n) is 4.61. The van der Waals surface area contributed by atoms with Crippen molar-refractivity contribution >= 4 is 5.82 Å². The Labute approximate surface area is 207 Å². The zero-order valence-corrected chi connectivity index (χ0v) is 22.7. The number of anilines is 1. The van der Waals surface area contributed by atoms with Crippen molar-refractivity contribution in [1.82, 2.24) is 9.97 Å². The van der Waals surface area contributed by atoms with Crippen LogP contribution in [0.5, 0.6) is 0 Å². The highest BCUT2D eigenvalue weighted by atomic mass is 15.0. The first-order chi connectivity index (χ1) is 16.3. The van der Waals surface area contributed by atoms with Crippen molar-refractivity contribution in [3.8, 4) is 0 Å². The van der Waals surface area contributed by atoms with Crippen LogP contribution in [0.3, 0.4) is 0 Å². The molecule has 1 N–H and O–H groups in total. The SMILES string of the molecule is CCCCCCCCCCCCCc1nc(C)cc(NCCCCCCCCCCCC)n1. The second kappa shape index (κ2) is 22.7. The van der Waals surface area contributed by atoms with E-state index in [4.69, 9.17) is 4.98 Å². The molecular weight excluding hydrogens is 402 g/mol. The van der Waals surface area contributed by atoms with Crippen molar-refractivity contribution in [3.05, 3.63) is 17.6 Å². The van der Waals surface area contributed by atoms with Crippen LogP contribution in [-0.2, 0) is 6.42 Å². The maximum atomic E-state index is 4.78. The Bertz CT molecular complexity index is 499. The smallest absolute Gasteiger partial charge is 0.130 e. The molecule has 0 fully saturated rings. The van der Waals surface area contributed by atoms with Crippen LogP contribution in [-0.4, -0.2) is 16.5 Å². The van der Waals surface area contributed by atoms with Crippen molar-refractivity contribution in [1.29, 1.82) is 0 Å². The molecule has 0 amide bonds. The number of hydrogen-bond donors (Lipinski definition) is 1. The van der Waals surface area contributed by atoms with Crippen molar-refractivity contribution in [2.45, 2.75) is 162 Å². The second-order valence-corrected chi connectivity index (χ2v) is 10.2. The lowest BCUT2D eigenvalue weighted by Crippen LogP contribution is -2.07. The van der Waals surface area contributed by atoms with E-state index in [0.29, 0.717) is 0 Å². The van der Waals surface area contributed by atoms with Crippen LogP contribution in [0.4, 0.5) is 5.82 Å². The van der Waals surface area contributed by atoms with E-state index in [2.05, 4.69) is 37.1 Å². The molecule has 0 aromatic carbocycles. The standard InChI is InChI=1S/C30H57N3/c1-4-6-8-10-12-14-16-17-19-21-23-25-29-32-28(3)27-30(33-29)31-26-24-22-20-18-15-13-11-9-7-5-2/h27H,4-26H2,1-3H3,(H,31,32,33). The van der Waals surface area contributed by atoms with E-state index in [1.807, 2.05) is 0 Å². The van der Waals surface area contributed by atoms with Crippen molar-refractivity contribution < 1.29 is 0 Å². The third-order valence-electron chi connectivity index (χ3n) is 6.74. The van der Waals surface area contributed by atoms with Gasteiger partial charge in [-0.15, -0.1) is 0 Å². The van der Waals surface area contributed by atoms with Gasteiger partial charge in [0.05, 0.1) is 0 Å². The van der Waals surface area contributed by atoms with E-state index >= 15 is 0 Å². The highest BCUT2D eigenvalue weighted by Crippen LogP contribution is 2.14. The molecular formula is C30H57N3. The molecule has 3 heteroatoms. The van der Waals surface area contributed by atoms with Crippen LogP contribution >= 0.6 is 0 Å². The van der Waals surface area contributed by atoms with Gasteiger partial charge in [0.1, 0.15) is 11.6 Å². The minimum atomic E-state index is 1.02. The van der Waals surface area contributed by atoms with Gasteiger partial charge in [0.2, 0.25) is 0 Å². The average Bonchev–Trinajstić information content (AvgIpc) is 2.80. The fourth-order valence-corrected chi connectivity index (χ4v) is 4.61. The summed E-state index contributed by atoms with van der Waals surface area (Å²) in [6.45, 7) is 7.71. The molecule has 3 nitrogen and oxygen atoms in total. The third kappa shape index (κ3) is 18.9. The van der Waals surface area contributed by atoms with Gasteiger partial charge in [-0.25, -0.2) is 9.97 Å². The maximum absolute atomic E-state index is 4.78. The summed E-state index contributed by atoms with van der Waals surface area (Å²) in [6.07, 6.45) is 30.1. The summed E-state index contributed by atoms with van der Waals surface area (Å²) >= 11 is 0. The Kier molecular flexibility index (Phi) is 20.5. The molecule has 1 rings (SSSR count). The minimum absolute atomic E-state index is 1.02. The van der Waals surface area contributed by atoms with Gasteiger partial charge < -0.3 is 5.32 Å². The molecule has 0 saturated heterocycles. The summed E-state index contributed by atoms with van der Waals surface area (Å²) in [5, 5.41) is 3.54. The summed E-state index contributed by atoms with van der Waals surface area (Å²) in [7, 11) is 0.